The van der Waals surface area contributed by atoms with Crippen molar-refractivity contribution in [1.82, 2.24) is 10.3 Å². The van der Waals surface area contributed by atoms with Crippen LogP contribution in [0, 0.1) is 13.8 Å². The fourth-order valence-electron chi connectivity index (χ4n) is 2.19. The van der Waals surface area contributed by atoms with Crippen LogP contribution in [0.2, 0.25) is 0 Å². The number of anilines is 1. The molecule has 3 rings (SSSR count). The predicted octanol–water partition coefficient (Wildman–Crippen LogP) is 2.21. The van der Waals surface area contributed by atoms with Gasteiger partial charge in [-0.25, -0.2) is 8.42 Å². The number of fused-ring (bicyclic) bond motifs is 1. The van der Waals surface area contributed by atoms with Crippen molar-refractivity contribution >= 4 is 33.0 Å². The molecule has 7 nitrogen and oxygen atoms in total. The number of ether oxygens (including phenoxy) is 2. The second-order valence-electron chi connectivity index (χ2n) is 5.50. The Labute approximate surface area is 151 Å². The Morgan fingerprint density at radius 3 is 2.56 bits per heavy atom. The van der Waals surface area contributed by atoms with Crippen molar-refractivity contribution in [3.05, 3.63) is 47.5 Å². The summed E-state index contributed by atoms with van der Waals surface area (Å²) in [7, 11) is -3.73. The van der Waals surface area contributed by atoms with Gasteiger partial charge in [-0.15, -0.1) is 4.83 Å². The highest BCUT2D eigenvalue weighted by molar-refractivity contribution is 7.89. The topological polar surface area (TPSA) is 88.7 Å². The maximum atomic E-state index is 12.3. The zero-order valence-corrected chi connectivity index (χ0v) is 15.3. The summed E-state index contributed by atoms with van der Waals surface area (Å²) in [5.74, 6) is 1.25. The van der Waals surface area contributed by atoms with Crippen molar-refractivity contribution in [2.75, 3.05) is 12.1 Å². The average Bonchev–Trinajstić information content (AvgIpc) is 3.03. The average molecular weight is 379 g/mol. The van der Waals surface area contributed by atoms with Gasteiger partial charge in [0.15, 0.2) is 16.6 Å². The summed E-state index contributed by atoms with van der Waals surface area (Å²) in [6.07, 6.45) is 0. The van der Waals surface area contributed by atoms with E-state index in [4.69, 9.17) is 21.7 Å². The van der Waals surface area contributed by atoms with Gasteiger partial charge >= 0.3 is 0 Å². The first-order valence-electron chi connectivity index (χ1n) is 7.41. The smallest absolute Gasteiger partial charge is 0.257 e. The van der Waals surface area contributed by atoms with Crippen LogP contribution < -0.4 is 25.0 Å². The first-order chi connectivity index (χ1) is 11.8. The molecule has 0 unspecified atom stereocenters. The molecule has 132 valence electrons. The van der Waals surface area contributed by atoms with Crippen LogP contribution >= 0.6 is 12.2 Å². The molecular weight excluding hydrogens is 362 g/mol. The summed E-state index contributed by atoms with van der Waals surface area (Å²) >= 11 is 5.11. The van der Waals surface area contributed by atoms with Crippen LogP contribution in [0.15, 0.2) is 41.3 Å². The first-order valence-corrected chi connectivity index (χ1v) is 9.30. The number of thiocarbonyl (C=S) groups is 1. The molecule has 2 aromatic rings. The largest absolute Gasteiger partial charge is 0.454 e. The number of hydrazine groups is 1. The Bertz CT molecular complexity index is 929. The molecule has 0 atom stereocenters. The van der Waals surface area contributed by atoms with Gasteiger partial charge in [-0.3, -0.25) is 5.43 Å². The minimum absolute atomic E-state index is 0.103. The zero-order chi connectivity index (χ0) is 18.0. The minimum Gasteiger partial charge on any atom is -0.454 e. The Morgan fingerprint density at radius 1 is 1.04 bits per heavy atom. The van der Waals surface area contributed by atoms with E-state index < -0.39 is 10.0 Å². The SMILES string of the molecule is Cc1ccc(S(=O)(=O)NNC(=S)Nc2ccc3c(c2)OCO3)cc1C. The number of nitrogens with one attached hydrogen (secondary N) is 3. The molecule has 0 radical (unpaired) electrons. The van der Waals surface area contributed by atoms with Gasteiger partial charge < -0.3 is 14.8 Å². The van der Waals surface area contributed by atoms with E-state index in [1.165, 1.54) is 0 Å². The van der Waals surface area contributed by atoms with Crippen LogP contribution in [-0.2, 0) is 10.0 Å². The molecule has 1 heterocycles. The number of sulfonamides is 1. The third-order valence-corrected chi connectivity index (χ3v) is 5.17. The molecule has 9 heteroatoms. The molecular formula is C16H17N3O4S2. The number of rotatable bonds is 4. The number of benzene rings is 2. The minimum atomic E-state index is -3.73. The third-order valence-electron chi connectivity index (χ3n) is 3.72. The van der Waals surface area contributed by atoms with Gasteiger partial charge in [0.2, 0.25) is 6.79 Å². The second-order valence-corrected chi connectivity index (χ2v) is 7.59. The molecule has 2 aromatic carbocycles. The molecule has 0 bridgehead atoms. The lowest BCUT2D eigenvalue weighted by atomic mass is 10.1. The lowest BCUT2D eigenvalue weighted by Crippen LogP contribution is -2.43. The summed E-state index contributed by atoms with van der Waals surface area (Å²) in [5.41, 5.74) is 5.04. The highest BCUT2D eigenvalue weighted by Gasteiger charge is 2.16. The van der Waals surface area contributed by atoms with E-state index in [0.717, 1.165) is 11.1 Å². The van der Waals surface area contributed by atoms with Crippen molar-refractivity contribution in [3.63, 3.8) is 0 Å². The maximum absolute atomic E-state index is 12.3. The lowest BCUT2D eigenvalue weighted by Gasteiger charge is -2.13. The van der Waals surface area contributed by atoms with E-state index in [0.29, 0.717) is 17.2 Å². The molecule has 25 heavy (non-hydrogen) atoms. The van der Waals surface area contributed by atoms with Crippen LogP contribution in [0.4, 0.5) is 5.69 Å². The van der Waals surface area contributed by atoms with Crippen molar-refractivity contribution < 1.29 is 17.9 Å². The van der Waals surface area contributed by atoms with E-state index in [1.807, 2.05) is 13.8 Å². The van der Waals surface area contributed by atoms with Crippen LogP contribution in [0.25, 0.3) is 0 Å². The van der Waals surface area contributed by atoms with Gasteiger partial charge in [0.25, 0.3) is 10.0 Å². The first kappa shape index (κ1) is 17.5. The van der Waals surface area contributed by atoms with Gasteiger partial charge in [-0.05, 0) is 61.5 Å². The van der Waals surface area contributed by atoms with E-state index in [-0.39, 0.29) is 16.8 Å². The molecule has 0 spiro atoms. The third kappa shape index (κ3) is 4.01. The molecule has 0 amide bonds. The molecule has 0 aromatic heterocycles. The van der Waals surface area contributed by atoms with Crippen molar-refractivity contribution in [2.24, 2.45) is 0 Å². The van der Waals surface area contributed by atoms with E-state index in [2.05, 4.69) is 15.6 Å². The van der Waals surface area contributed by atoms with Crippen LogP contribution in [0.5, 0.6) is 11.5 Å². The van der Waals surface area contributed by atoms with Gasteiger partial charge in [0.1, 0.15) is 0 Å². The summed E-state index contributed by atoms with van der Waals surface area (Å²) < 4.78 is 35.1. The number of hydrogen-bond donors (Lipinski definition) is 3. The second kappa shape index (κ2) is 6.87. The Morgan fingerprint density at radius 2 is 1.80 bits per heavy atom. The quantitative estimate of drug-likeness (QED) is 0.554. The fourth-order valence-corrected chi connectivity index (χ4v) is 3.36. The van der Waals surface area contributed by atoms with E-state index >= 15 is 0 Å². The molecule has 0 aliphatic carbocycles. The standard InChI is InChI=1S/C16H17N3O4S2/c1-10-3-5-13(7-11(10)2)25(20,21)19-18-16(24)17-12-4-6-14-15(8-12)23-9-22-14/h3-8,19H,9H2,1-2H3,(H2,17,18,24). The molecule has 3 N–H and O–H groups in total. The van der Waals surface area contributed by atoms with Crippen LogP contribution in [-0.4, -0.2) is 20.3 Å². The highest BCUT2D eigenvalue weighted by atomic mass is 32.2. The van der Waals surface area contributed by atoms with Crippen LogP contribution in [0.1, 0.15) is 11.1 Å². The Hall–Kier alpha value is -2.36. The summed E-state index contributed by atoms with van der Waals surface area (Å²) in [5, 5.41) is 2.98. The Kier molecular flexibility index (Phi) is 4.80. The number of hydrogen-bond acceptors (Lipinski definition) is 5. The number of aryl methyl sites for hydroxylation is 2. The van der Waals surface area contributed by atoms with E-state index in [9.17, 15) is 8.42 Å². The summed E-state index contributed by atoms with van der Waals surface area (Å²) in [6.45, 7) is 3.95. The van der Waals surface area contributed by atoms with Gasteiger partial charge in [0.05, 0.1) is 4.90 Å². The highest BCUT2D eigenvalue weighted by Crippen LogP contribution is 2.34. The van der Waals surface area contributed by atoms with Gasteiger partial charge in [-0.2, -0.15) is 0 Å². The lowest BCUT2D eigenvalue weighted by molar-refractivity contribution is 0.174. The maximum Gasteiger partial charge on any atom is 0.257 e. The normalized spacial score (nSPS) is 12.7. The molecule has 0 saturated carbocycles. The van der Waals surface area contributed by atoms with Crippen LogP contribution in [0.3, 0.4) is 0 Å². The van der Waals surface area contributed by atoms with Gasteiger partial charge in [-0.1, -0.05) is 6.07 Å². The fraction of sp³-hybridized carbons (Fsp3) is 0.188. The summed E-state index contributed by atoms with van der Waals surface area (Å²) in [6, 6.07) is 10.1. The zero-order valence-electron chi connectivity index (χ0n) is 13.6. The molecule has 1 aliphatic rings. The molecule has 1 aliphatic heterocycles. The van der Waals surface area contributed by atoms with E-state index in [1.54, 1.807) is 36.4 Å². The van der Waals surface area contributed by atoms with Crippen molar-refractivity contribution in [2.45, 2.75) is 18.7 Å². The molecule has 0 saturated heterocycles. The van der Waals surface area contributed by atoms with Crippen molar-refractivity contribution in [3.8, 4) is 11.5 Å². The molecule has 0 fully saturated rings. The predicted molar refractivity (Wildman–Crippen MR) is 98.2 cm³/mol. The van der Waals surface area contributed by atoms with Gasteiger partial charge in [0, 0.05) is 11.8 Å². The summed E-state index contributed by atoms with van der Waals surface area (Å²) in [4.78, 5) is 2.42. The van der Waals surface area contributed by atoms with Crippen molar-refractivity contribution in [1.29, 1.82) is 0 Å². The monoisotopic (exact) mass is 379 g/mol. The Balaban J connectivity index is 1.62.